The molecule has 0 saturated carbocycles. The number of piperazine rings is 1. The average molecular weight is 458 g/mol. The van der Waals surface area contributed by atoms with E-state index in [1.165, 1.54) is 0 Å². The van der Waals surface area contributed by atoms with E-state index in [-0.39, 0.29) is 29.0 Å². The van der Waals surface area contributed by atoms with Crippen LogP contribution in [0.4, 0.5) is 0 Å². The Balaban J connectivity index is 1.27. The quantitative estimate of drug-likeness (QED) is 0.655. The summed E-state index contributed by atoms with van der Waals surface area (Å²) in [6, 6.07) is 19.4. The van der Waals surface area contributed by atoms with Crippen LogP contribution in [0.1, 0.15) is 33.6 Å². The summed E-state index contributed by atoms with van der Waals surface area (Å²) in [4.78, 5) is 44.5. The minimum atomic E-state index is -0.547. The Morgan fingerprint density at radius 3 is 2.18 bits per heavy atom. The molecule has 1 unspecified atom stereocenters. The number of fused-ring (bicyclic) bond motifs is 1. The number of benzene rings is 3. The SMILES string of the molecule is O=C(c1ccccc1)N1CCN(C(=O)C2CCCN2C(=O)c2ccc3ccccc3c2O)CC1. The minimum Gasteiger partial charge on any atom is -0.506 e. The molecule has 1 N–H and O–H groups in total. The largest absolute Gasteiger partial charge is 0.506 e. The van der Waals surface area contributed by atoms with Crippen LogP contribution in [-0.2, 0) is 4.79 Å². The van der Waals surface area contributed by atoms with Gasteiger partial charge < -0.3 is 19.8 Å². The maximum absolute atomic E-state index is 13.4. The van der Waals surface area contributed by atoms with Crippen LogP contribution in [0.15, 0.2) is 66.7 Å². The summed E-state index contributed by atoms with van der Waals surface area (Å²) < 4.78 is 0. The predicted molar refractivity (Wildman–Crippen MR) is 129 cm³/mol. The fourth-order valence-electron chi connectivity index (χ4n) is 4.95. The van der Waals surface area contributed by atoms with Crippen molar-refractivity contribution < 1.29 is 19.5 Å². The minimum absolute atomic E-state index is 0.0304. The zero-order chi connectivity index (χ0) is 23.7. The third-order valence-electron chi connectivity index (χ3n) is 6.83. The lowest BCUT2D eigenvalue weighted by Gasteiger charge is -2.37. The second-order valence-electron chi connectivity index (χ2n) is 8.82. The Labute approximate surface area is 198 Å². The number of phenols is 1. The summed E-state index contributed by atoms with van der Waals surface area (Å²) in [5.74, 6) is -0.485. The van der Waals surface area contributed by atoms with Gasteiger partial charge in [0.05, 0.1) is 5.56 Å². The number of amides is 3. The van der Waals surface area contributed by atoms with E-state index >= 15 is 0 Å². The molecule has 3 aromatic carbocycles. The van der Waals surface area contributed by atoms with Crippen LogP contribution >= 0.6 is 0 Å². The number of hydrogen-bond acceptors (Lipinski definition) is 4. The van der Waals surface area contributed by atoms with Crippen LogP contribution in [0, 0.1) is 0 Å². The van der Waals surface area contributed by atoms with Gasteiger partial charge in [-0.05, 0) is 36.4 Å². The summed E-state index contributed by atoms with van der Waals surface area (Å²) in [5, 5.41) is 12.2. The van der Waals surface area contributed by atoms with Gasteiger partial charge in [-0.25, -0.2) is 0 Å². The van der Waals surface area contributed by atoms with Crippen LogP contribution < -0.4 is 0 Å². The Morgan fingerprint density at radius 2 is 1.41 bits per heavy atom. The molecule has 0 radical (unpaired) electrons. The topological polar surface area (TPSA) is 81.2 Å². The van der Waals surface area contributed by atoms with Gasteiger partial charge in [0.2, 0.25) is 5.91 Å². The Morgan fingerprint density at radius 1 is 0.735 bits per heavy atom. The van der Waals surface area contributed by atoms with Crippen LogP contribution in [0.5, 0.6) is 5.75 Å². The fourth-order valence-corrected chi connectivity index (χ4v) is 4.95. The van der Waals surface area contributed by atoms with E-state index in [9.17, 15) is 19.5 Å². The van der Waals surface area contributed by atoms with Gasteiger partial charge in [-0.1, -0.05) is 48.5 Å². The molecule has 0 aliphatic carbocycles. The first kappa shape index (κ1) is 21.9. The van der Waals surface area contributed by atoms with Crippen molar-refractivity contribution in [2.75, 3.05) is 32.7 Å². The first-order chi connectivity index (χ1) is 16.5. The standard InChI is InChI=1S/C27H27N3O4/c31-24-21-10-5-4-7-19(21)12-13-22(24)26(33)30-14-6-11-23(30)27(34)29-17-15-28(16-18-29)25(32)20-8-2-1-3-9-20/h1-5,7-10,12-13,23,31H,6,11,14-18H2. The van der Waals surface area contributed by atoms with Crippen LogP contribution in [0.3, 0.4) is 0 Å². The van der Waals surface area contributed by atoms with Gasteiger partial charge in [-0.15, -0.1) is 0 Å². The van der Waals surface area contributed by atoms with Gasteiger partial charge in [0.1, 0.15) is 11.8 Å². The smallest absolute Gasteiger partial charge is 0.258 e. The maximum Gasteiger partial charge on any atom is 0.258 e. The molecule has 2 heterocycles. The molecular formula is C27H27N3O4. The molecule has 2 saturated heterocycles. The number of rotatable bonds is 3. The highest BCUT2D eigenvalue weighted by molar-refractivity contribution is 6.05. The average Bonchev–Trinajstić information content (AvgIpc) is 3.38. The van der Waals surface area contributed by atoms with Crippen molar-refractivity contribution >= 4 is 28.5 Å². The second-order valence-corrected chi connectivity index (χ2v) is 8.82. The van der Waals surface area contributed by atoms with Crippen LogP contribution in [0.2, 0.25) is 0 Å². The third kappa shape index (κ3) is 3.98. The van der Waals surface area contributed by atoms with Gasteiger partial charge in [0, 0.05) is 43.7 Å². The molecule has 2 fully saturated rings. The first-order valence-electron chi connectivity index (χ1n) is 11.7. The molecule has 5 rings (SSSR count). The van der Waals surface area contributed by atoms with Crippen molar-refractivity contribution in [3.8, 4) is 5.75 Å². The first-order valence-corrected chi connectivity index (χ1v) is 11.7. The molecule has 2 aliphatic rings. The molecule has 34 heavy (non-hydrogen) atoms. The van der Waals surface area contributed by atoms with E-state index in [1.54, 1.807) is 39.0 Å². The lowest BCUT2D eigenvalue weighted by molar-refractivity contribution is -0.136. The number of nitrogens with zero attached hydrogens (tertiary/aromatic N) is 3. The molecule has 3 aromatic rings. The van der Waals surface area contributed by atoms with Crippen molar-refractivity contribution in [1.82, 2.24) is 14.7 Å². The highest BCUT2D eigenvalue weighted by Crippen LogP contribution is 2.31. The van der Waals surface area contributed by atoms with Crippen molar-refractivity contribution in [1.29, 1.82) is 0 Å². The van der Waals surface area contributed by atoms with Gasteiger partial charge in [0.15, 0.2) is 0 Å². The molecule has 0 aromatic heterocycles. The number of likely N-dealkylation sites (tertiary alicyclic amines) is 1. The summed E-state index contributed by atoms with van der Waals surface area (Å²) in [7, 11) is 0. The van der Waals surface area contributed by atoms with E-state index in [0.29, 0.717) is 50.1 Å². The van der Waals surface area contributed by atoms with E-state index in [4.69, 9.17) is 0 Å². The molecule has 174 valence electrons. The van der Waals surface area contributed by atoms with E-state index in [1.807, 2.05) is 42.5 Å². The van der Waals surface area contributed by atoms with Crippen molar-refractivity contribution in [2.24, 2.45) is 0 Å². The lowest BCUT2D eigenvalue weighted by Crippen LogP contribution is -2.55. The number of carbonyl (C=O) groups excluding carboxylic acids is 3. The Hall–Kier alpha value is -3.87. The Bertz CT molecular complexity index is 1240. The molecule has 3 amide bonds. The van der Waals surface area contributed by atoms with E-state index in [0.717, 1.165) is 11.8 Å². The van der Waals surface area contributed by atoms with Crippen LogP contribution in [0.25, 0.3) is 10.8 Å². The summed E-state index contributed by atoms with van der Waals surface area (Å²) in [6.07, 6.45) is 1.34. The molecular weight excluding hydrogens is 430 g/mol. The number of hydrogen-bond donors (Lipinski definition) is 1. The van der Waals surface area contributed by atoms with Gasteiger partial charge in [-0.2, -0.15) is 0 Å². The summed E-state index contributed by atoms with van der Waals surface area (Å²) in [6.45, 7) is 2.29. The monoisotopic (exact) mass is 457 g/mol. The molecule has 2 aliphatic heterocycles. The van der Waals surface area contributed by atoms with E-state index in [2.05, 4.69) is 0 Å². The lowest BCUT2D eigenvalue weighted by atomic mass is 10.0. The Kier molecular flexibility index (Phi) is 5.92. The molecule has 0 spiro atoms. The highest BCUT2D eigenvalue weighted by Gasteiger charge is 2.38. The van der Waals surface area contributed by atoms with Crippen molar-refractivity contribution in [3.05, 3.63) is 77.9 Å². The van der Waals surface area contributed by atoms with Gasteiger partial charge in [-0.3, -0.25) is 14.4 Å². The van der Waals surface area contributed by atoms with Crippen molar-refractivity contribution in [2.45, 2.75) is 18.9 Å². The maximum atomic E-state index is 13.4. The third-order valence-corrected chi connectivity index (χ3v) is 6.83. The molecule has 1 atom stereocenters. The van der Waals surface area contributed by atoms with E-state index < -0.39 is 6.04 Å². The molecule has 7 heteroatoms. The number of carbonyl (C=O) groups is 3. The normalized spacial score (nSPS) is 18.4. The zero-order valence-corrected chi connectivity index (χ0v) is 18.9. The van der Waals surface area contributed by atoms with Crippen LogP contribution in [-0.4, -0.2) is 76.3 Å². The predicted octanol–water partition coefficient (Wildman–Crippen LogP) is 3.13. The number of aromatic hydroxyl groups is 1. The summed E-state index contributed by atoms with van der Waals surface area (Å²) in [5.41, 5.74) is 0.863. The van der Waals surface area contributed by atoms with Gasteiger partial charge in [0.25, 0.3) is 11.8 Å². The molecule has 0 bridgehead atoms. The molecule has 7 nitrogen and oxygen atoms in total. The zero-order valence-electron chi connectivity index (χ0n) is 18.9. The highest BCUT2D eigenvalue weighted by atomic mass is 16.3. The number of phenolic OH excluding ortho intramolecular Hbond substituents is 1. The van der Waals surface area contributed by atoms with Crippen molar-refractivity contribution in [3.63, 3.8) is 0 Å². The fraction of sp³-hybridized carbons (Fsp3) is 0.296. The summed E-state index contributed by atoms with van der Waals surface area (Å²) >= 11 is 0. The van der Waals surface area contributed by atoms with Gasteiger partial charge >= 0.3 is 0 Å². The second kappa shape index (κ2) is 9.17.